The van der Waals surface area contributed by atoms with Crippen LogP contribution in [0.4, 0.5) is 9.18 Å². The Morgan fingerprint density at radius 3 is 2.28 bits per heavy atom. The summed E-state index contributed by atoms with van der Waals surface area (Å²) in [7, 11) is 4.66. The molecule has 0 saturated carbocycles. The first kappa shape index (κ1) is 27.9. The van der Waals surface area contributed by atoms with E-state index >= 15 is 0 Å². The van der Waals surface area contributed by atoms with E-state index in [4.69, 9.17) is 14.2 Å². The molecule has 0 radical (unpaired) electrons. The average Bonchev–Trinajstić information content (AvgIpc) is 2.95. The lowest BCUT2D eigenvalue weighted by molar-refractivity contribution is -0.139. The highest BCUT2D eigenvalue weighted by atomic mass is 19.1. The third-order valence-corrected chi connectivity index (χ3v) is 6.88. The van der Waals surface area contributed by atoms with Crippen LogP contribution >= 0.6 is 0 Å². The number of methoxy groups -OCH3 is 2. The normalized spacial score (nSPS) is 18.1. The van der Waals surface area contributed by atoms with Gasteiger partial charge in [0, 0.05) is 57.1 Å². The van der Waals surface area contributed by atoms with Crippen molar-refractivity contribution in [3.8, 4) is 11.5 Å². The van der Waals surface area contributed by atoms with Gasteiger partial charge in [0.2, 0.25) is 0 Å². The first-order valence-electron chi connectivity index (χ1n) is 12.7. The fourth-order valence-electron chi connectivity index (χ4n) is 4.77. The van der Waals surface area contributed by atoms with Crippen molar-refractivity contribution in [1.29, 1.82) is 0 Å². The van der Waals surface area contributed by atoms with Crippen molar-refractivity contribution in [3.05, 3.63) is 70.7 Å². The number of carbonyl (C=O) groups is 3. The van der Waals surface area contributed by atoms with Gasteiger partial charge >= 0.3 is 12.0 Å². The second-order valence-corrected chi connectivity index (χ2v) is 9.25. The number of carbonyl (C=O) groups excluding carboxylic acids is 3. The summed E-state index contributed by atoms with van der Waals surface area (Å²) in [6.45, 7) is 4.04. The van der Waals surface area contributed by atoms with Gasteiger partial charge in [0.1, 0.15) is 17.3 Å². The van der Waals surface area contributed by atoms with Crippen LogP contribution in [0.3, 0.4) is 0 Å². The molecule has 0 aromatic heterocycles. The van der Waals surface area contributed by atoms with Crippen LogP contribution in [0.25, 0.3) is 0 Å². The van der Waals surface area contributed by atoms with Gasteiger partial charge < -0.3 is 24.4 Å². The summed E-state index contributed by atoms with van der Waals surface area (Å²) in [6, 6.07) is 9.67. The van der Waals surface area contributed by atoms with Crippen molar-refractivity contribution in [1.82, 2.24) is 20.0 Å². The zero-order chi connectivity index (χ0) is 28.1. The lowest BCUT2D eigenvalue weighted by Gasteiger charge is -2.39. The Hall–Kier alpha value is -4.12. The van der Waals surface area contributed by atoms with Crippen molar-refractivity contribution in [2.45, 2.75) is 13.0 Å². The molecule has 2 aromatic rings. The van der Waals surface area contributed by atoms with Crippen LogP contribution in [0.5, 0.6) is 11.5 Å². The molecule has 1 N–H and O–H groups in total. The van der Waals surface area contributed by atoms with E-state index < -0.39 is 17.8 Å². The van der Waals surface area contributed by atoms with E-state index in [1.165, 1.54) is 37.3 Å². The predicted molar refractivity (Wildman–Crippen MR) is 141 cm³/mol. The molecule has 1 saturated heterocycles. The van der Waals surface area contributed by atoms with Gasteiger partial charge in [-0.2, -0.15) is 0 Å². The number of nitrogens with one attached hydrogen (secondary N) is 1. The molecule has 39 heavy (non-hydrogen) atoms. The van der Waals surface area contributed by atoms with E-state index in [-0.39, 0.29) is 25.1 Å². The third kappa shape index (κ3) is 6.14. The Morgan fingerprint density at radius 1 is 1.03 bits per heavy atom. The van der Waals surface area contributed by atoms with Crippen LogP contribution in [0.1, 0.15) is 28.9 Å². The number of halogens is 1. The maximum atomic E-state index is 13.6. The van der Waals surface area contributed by atoms with Crippen molar-refractivity contribution in [2.24, 2.45) is 0 Å². The number of benzene rings is 2. The zero-order valence-electron chi connectivity index (χ0n) is 22.5. The molecule has 10 nitrogen and oxygen atoms in total. The number of likely N-dealkylation sites (N-methyl/N-ethyl adjacent to an activating group) is 1. The Bertz CT molecular complexity index is 1250. The minimum Gasteiger partial charge on any atom is -0.497 e. The van der Waals surface area contributed by atoms with Gasteiger partial charge in [0.15, 0.2) is 0 Å². The van der Waals surface area contributed by atoms with Crippen LogP contribution in [-0.4, -0.2) is 93.2 Å². The molecule has 0 bridgehead atoms. The first-order chi connectivity index (χ1) is 18.7. The summed E-state index contributed by atoms with van der Waals surface area (Å²) < 4.78 is 29.8. The van der Waals surface area contributed by atoms with E-state index in [0.717, 1.165) is 0 Å². The molecule has 3 amide bonds. The molecule has 0 spiro atoms. The molecule has 2 heterocycles. The van der Waals surface area contributed by atoms with E-state index in [1.54, 1.807) is 43.1 Å². The molecule has 208 valence electrons. The highest BCUT2D eigenvalue weighted by molar-refractivity contribution is 5.95. The molecule has 2 aliphatic rings. The Balaban J connectivity index is 1.61. The summed E-state index contributed by atoms with van der Waals surface area (Å²) in [5, 5.41) is 2.90. The van der Waals surface area contributed by atoms with Crippen LogP contribution in [0.15, 0.2) is 53.7 Å². The van der Waals surface area contributed by atoms with Gasteiger partial charge in [-0.25, -0.2) is 14.0 Å². The second kappa shape index (κ2) is 12.2. The topological polar surface area (TPSA) is 101 Å². The van der Waals surface area contributed by atoms with E-state index in [0.29, 0.717) is 60.1 Å². The summed E-state index contributed by atoms with van der Waals surface area (Å²) >= 11 is 0. The Kier molecular flexibility index (Phi) is 8.70. The number of nitrogens with zero attached hydrogens (tertiary/aromatic N) is 3. The van der Waals surface area contributed by atoms with Crippen molar-refractivity contribution >= 4 is 17.9 Å². The second-order valence-electron chi connectivity index (χ2n) is 9.25. The predicted octanol–water partition coefficient (Wildman–Crippen LogP) is 2.81. The molecule has 1 unspecified atom stereocenters. The standard InChI is InChI=1S/C28H33FN4O6/c1-5-39-27(35)24-23(17-32-9-11-33(12-10-32)26(34)18-7-6-8-20(29)13-18)31(2)28(36)30-25(24)19-14-21(37-3)16-22(15-19)38-4/h6-8,13-16,25H,5,9-12,17H2,1-4H3,(H,30,36). The molecule has 11 heteroatoms. The molecule has 1 fully saturated rings. The lowest BCUT2D eigenvalue weighted by Crippen LogP contribution is -2.53. The number of esters is 1. The van der Waals surface area contributed by atoms with Gasteiger partial charge in [-0.3, -0.25) is 14.6 Å². The summed E-state index contributed by atoms with van der Waals surface area (Å²) in [5.41, 5.74) is 1.73. The number of rotatable bonds is 8. The molecular weight excluding hydrogens is 507 g/mol. The fraction of sp³-hybridized carbons (Fsp3) is 0.393. The highest BCUT2D eigenvalue weighted by Gasteiger charge is 2.38. The number of piperazine rings is 1. The van der Waals surface area contributed by atoms with Crippen molar-refractivity contribution < 1.29 is 33.0 Å². The number of hydrogen-bond acceptors (Lipinski definition) is 7. The molecular formula is C28H33FN4O6. The molecule has 1 atom stereocenters. The maximum absolute atomic E-state index is 13.6. The fourth-order valence-corrected chi connectivity index (χ4v) is 4.77. The van der Waals surface area contributed by atoms with Crippen molar-refractivity contribution in [2.75, 3.05) is 60.6 Å². The smallest absolute Gasteiger partial charge is 0.338 e. The quantitative estimate of drug-likeness (QED) is 0.514. The Labute approximate surface area is 226 Å². The molecule has 0 aliphatic carbocycles. The van der Waals surface area contributed by atoms with E-state index in [2.05, 4.69) is 10.2 Å². The minimum atomic E-state index is -0.789. The summed E-state index contributed by atoms with van der Waals surface area (Å²) in [6.07, 6.45) is 0. The van der Waals surface area contributed by atoms with Gasteiger partial charge in [-0.15, -0.1) is 0 Å². The molecule has 2 aliphatic heterocycles. The number of hydrogen-bond donors (Lipinski definition) is 1. The van der Waals surface area contributed by atoms with Crippen molar-refractivity contribution in [3.63, 3.8) is 0 Å². The zero-order valence-corrected chi connectivity index (χ0v) is 22.5. The minimum absolute atomic E-state index is 0.169. The maximum Gasteiger partial charge on any atom is 0.338 e. The van der Waals surface area contributed by atoms with Gasteiger partial charge in [-0.05, 0) is 42.8 Å². The largest absolute Gasteiger partial charge is 0.497 e. The number of ether oxygens (including phenoxy) is 3. The average molecular weight is 541 g/mol. The summed E-state index contributed by atoms with van der Waals surface area (Å²) in [5.74, 6) is -0.199. The number of urea groups is 1. The van der Waals surface area contributed by atoms with Gasteiger partial charge in [-0.1, -0.05) is 6.07 Å². The lowest BCUT2D eigenvalue weighted by atomic mass is 9.93. The third-order valence-electron chi connectivity index (χ3n) is 6.88. The summed E-state index contributed by atoms with van der Waals surface area (Å²) in [4.78, 5) is 44.4. The number of amides is 3. The van der Waals surface area contributed by atoms with Gasteiger partial charge in [0.25, 0.3) is 5.91 Å². The monoisotopic (exact) mass is 540 g/mol. The van der Waals surface area contributed by atoms with Gasteiger partial charge in [0.05, 0.1) is 32.4 Å². The van der Waals surface area contributed by atoms with Crippen LogP contribution in [0.2, 0.25) is 0 Å². The SMILES string of the molecule is CCOC(=O)C1=C(CN2CCN(C(=O)c3cccc(F)c3)CC2)N(C)C(=O)NC1c1cc(OC)cc(OC)c1. The van der Waals surface area contributed by atoms with Crippen LogP contribution < -0.4 is 14.8 Å². The molecule has 2 aromatic carbocycles. The first-order valence-corrected chi connectivity index (χ1v) is 12.7. The van der Waals surface area contributed by atoms with Crippen LogP contribution in [-0.2, 0) is 9.53 Å². The highest BCUT2D eigenvalue weighted by Crippen LogP contribution is 2.35. The Morgan fingerprint density at radius 2 is 1.69 bits per heavy atom. The molecule has 4 rings (SSSR count). The van der Waals surface area contributed by atoms with Crippen LogP contribution in [0, 0.1) is 5.82 Å². The van der Waals surface area contributed by atoms with E-state index in [1.807, 2.05) is 0 Å². The van der Waals surface area contributed by atoms with E-state index in [9.17, 15) is 18.8 Å².